The van der Waals surface area contributed by atoms with Crippen molar-refractivity contribution in [1.29, 1.82) is 0 Å². The van der Waals surface area contributed by atoms with Crippen LogP contribution in [0.25, 0.3) is 0 Å². The first-order valence-corrected chi connectivity index (χ1v) is 21.0. The number of hydrogen-bond donors (Lipinski definition) is 14. The lowest BCUT2D eigenvalue weighted by molar-refractivity contribution is -0.143. The number of aliphatic hydroxyl groups excluding tert-OH is 4. The molecule has 1 aromatic rings. The second-order valence-electron chi connectivity index (χ2n) is 15.6. The van der Waals surface area contributed by atoms with E-state index >= 15 is 0 Å². The normalized spacial score (nSPS) is 14.9. The average Bonchev–Trinajstić information content (AvgIpc) is 3.25. The predicted molar refractivity (Wildman–Crippen MR) is 231 cm³/mol. The van der Waals surface area contributed by atoms with E-state index in [1.807, 2.05) is 0 Å². The maximum Gasteiger partial charge on any atom is 0.410 e. The van der Waals surface area contributed by atoms with Crippen LogP contribution in [0.5, 0.6) is 0 Å². The number of aliphatic hydroxyl groups is 4. The number of hydrazine groups is 1. The van der Waals surface area contributed by atoms with Crippen molar-refractivity contribution in [1.82, 2.24) is 37.0 Å². The molecule has 0 radical (unpaired) electrons. The topological polar surface area (TPSA) is 423 Å². The molecule has 0 aromatic heterocycles. The van der Waals surface area contributed by atoms with Crippen LogP contribution >= 0.6 is 0 Å². The Morgan fingerprint density at radius 3 is 1.85 bits per heavy atom. The van der Waals surface area contributed by atoms with Gasteiger partial charge >= 0.3 is 6.09 Å². The van der Waals surface area contributed by atoms with Crippen molar-refractivity contribution >= 4 is 53.1 Å². The summed E-state index contributed by atoms with van der Waals surface area (Å²) in [5.41, 5.74) is 27.3. The number of Topliss-reactive ketones (excluding diaryl/α,β-unsaturated/α-hetero) is 2. The quantitative estimate of drug-likeness (QED) is 0.0174. The molecule has 0 spiro atoms. The van der Waals surface area contributed by atoms with Crippen LogP contribution in [0, 0.1) is 5.92 Å². The van der Waals surface area contributed by atoms with E-state index in [2.05, 4.69) is 32.1 Å². The molecule has 0 aliphatic heterocycles. The van der Waals surface area contributed by atoms with Crippen LogP contribution in [0.4, 0.5) is 4.79 Å². The van der Waals surface area contributed by atoms with Gasteiger partial charge in [-0.15, -0.1) is 0 Å². The summed E-state index contributed by atoms with van der Waals surface area (Å²) in [5, 5.41) is 50.2. The maximum absolute atomic E-state index is 13.8. The minimum Gasteiger partial charge on any atom is -0.449 e. The molecule has 6 unspecified atom stereocenters. The van der Waals surface area contributed by atoms with Gasteiger partial charge in [-0.25, -0.2) is 15.6 Å². The number of hydrogen-bond acceptors (Lipinski definition) is 18. The van der Waals surface area contributed by atoms with E-state index in [-0.39, 0.29) is 44.9 Å². The van der Waals surface area contributed by atoms with Crippen LogP contribution in [0.3, 0.4) is 0 Å². The molecule has 65 heavy (non-hydrogen) atoms. The molecule has 8 atom stereocenters. The Kier molecular flexibility index (Phi) is 26.9. The van der Waals surface area contributed by atoms with E-state index in [4.69, 9.17) is 27.7 Å². The zero-order valence-corrected chi connectivity index (χ0v) is 36.9. The second kappa shape index (κ2) is 30.5. The number of amides is 7. The minimum absolute atomic E-state index is 0.173. The summed E-state index contributed by atoms with van der Waals surface area (Å²) in [6, 6.07) is -1.08. The maximum atomic E-state index is 13.8. The number of nitrogens with two attached hydrogens (primary N) is 4. The monoisotopic (exact) mass is 925 g/mol. The van der Waals surface area contributed by atoms with E-state index in [1.165, 1.54) is 0 Å². The molecule has 0 saturated carbocycles. The number of ketones is 2. The fourth-order valence-corrected chi connectivity index (χ4v) is 6.00. The first kappa shape index (κ1) is 57.3. The van der Waals surface area contributed by atoms with Crippen molar-refractivity contribution < 1.29 is 68.3 Å². The van der Waals surface area contributed by atoms with Crippen LogP contribution in [-0.4, -0.2) is 173 Å². The third kappa shape index (κ3) is 21.7. The highest BCUT2D eigenvalue weighted by Gasteiger charge is 2.42. The molecule has 0 aliphatic rings. The molecule has 1 rings (SSSR count). The van der Waals surface area contributed by atoms with Gasteiger partial charge in [0.1, 0.15) is 36.3 Å². The van der Waals surface area contributed by atoms with Gasteiger partial charge in [-0.1, -0.05) is 44.2 Å². The van der Waals surface area contributed by atoms with Crippen LogP contribution in [0.15, 0.2) is 30.3 Å². The van der Waals surface area contributed by atoms with Gasteiger partial charge in [0.15, 0.2) is 0 Å². The second-order valence-corrected chi connectivity index (χ2v) is 15.6. The fourth-order valence-electron chi connectivity index (χ4n) is 6.00. The highest BCUT2D eigenvalue weighted by molar-refractivity contribution is 6.41. The Labute approximate surface area is 376 Å². The highest BCUT2D eigenvalue weighted by Crippen LogP contribution is 2.15. The molecular formula is C40H67N11O14. The van der Waals surface area contributed by atoms with E-state index in [1.54, 1.807) is 44.2 Å². The zero-order valence-electron chi connectivity index (χ0n) is 36.9. The molecule has 1 aromatic carbocycles. The number of carbonyl (C=O) groups excluding carboxylic acids is 9. The summed E-state index contributed by atoms with van der Waals surface area (Å²) in [7, 11) is 0. The molecule has 366 valence electrons. The van der Waals surface area contributed by atoms with Crippen LogP contribution in [-0.2, 0) is 49.5 Å². The highest BCUT2D eigenvalue weighted by atomic mass is 16.6. The van der Waals surface area contributed by atoms with Gasteiger partial charge in [-0.05, 0) is 37.7 Å². The molecule has 0 aliphatic carbocycles. The smallest absolute Gasteiger partial charge is 0.410 e. The first-order chi connectivity index (χ1) is 30.7. The van der Waals surface area contributed by atoms with E-state index in [0.29, 0.717) is 17.7 Å². The Bertz CT molecular complexity index is 1720. The lowest BCUT2D eigenvalue weighted by atomic mass is 9.97. The standard InChI is InChI=1S/C40H67N11O14/c1-22(2)21-65-40(64)51(17-25(16-31(42)56)47-30(20-54)37(44)61)33(23(3)55)35(59)34(58)29(19-53)50-49-27(36(43)60)11-12-32(57)45-13-7-8-14-46-39(63)28(48-38(62)26(41)18-52)15-24-9-5-4-6-10-24/h4-6,9-10,22-23,25-30,33,47,49-50,52-55H,7-8,11-21,41H2,1-3H3,(H2,42,56)(H2,43,60)(H2,44,61)(H,45,57)(H,46,63)(H,48,62)/t23?,25?,26?,27?,28?,29-,30-,33?/m0/s1. The van der Waals surface area contributed by atoms with Crippen molar-refractivity contribution in [3.05, 3.63) is 35.9 Å². The predicted octanol–water partition coefficient (Wildman–Crippen LogP) is -6.20. The molecule has 25 heteroatoms. The number of ether oxygens (including phenoxy) is 1. The van der Waals surface area contributed by atoms with E-state index < -0.39 is 134 Å². The van der Waals surface area contributed by atoms with Crippen LogP contribution in [0.1, 0.15) is 58.4 Å². The Hall–Kier alpha value is -5.67. The summed E-state index contributed by atoms with van der Waals surface area (Å²) in [5.74, 6) is -7.66. The molecule has 18 N–H and O–H groups in total. The van der Waals surface area contributed by atoms with Gasteiger partial charge in [0.25, 0.3) is 0 Å². The summed E-state index contributed by atoms with van der Waals surface area (Å²) in [4.78, 5) is 115. The number of nitrogens with zero attached hydrogens (tertiary/aromatic N) is 1. The molecule has 0 bridgehead atoms. The zero-order chi connectivity index (χ0) is 49.2. The first-order valence-electron chi connectivity index (χ1n) is 21.0. The van der Waals surface area contributed by atoms with Gasteiger partial charge in [0.05, 0.1) is 32.5 Å². The van der Waals surface area contributed by atoms with Crippen molar-refractivity contribution in [2.45, 2.75) is 108 Å². The number of carbonyl (C=O) groups is 9. The Morgan fingerprint density at radius 1 is 0.738 bits per heavy atom. The van der Waals surface area contributed by atoms with Gasteiger partial charge in [0, 0.05) is 44.9 Å². The summed E-state index contributed by atoms with van der Waals surface area (Å²) in [6.45, 7) is 1.49. The van der Waals surface area contributed by atoms with Crippen molar-refractivity contribution in [3.63, 3.8) is 0 Å². The van der Waals surface area contributed by atoms with E-state index in [0.717, 1.165) is 12.5 Å². The lowest BCUT2D eigenvalue weighted by Crippen LogP contribution is -2.62. The van der Waals surface area contributed by atoms with Gasteiger partial charge < -0.3 is 64.0 Å². The van der Waals surface area contributed by atoms with Crippen molar-refractivity contribution in [2.75, 3.05) is 46.1 Å². The molecule has 25 nitrogen and oxygen atoms in total. The summed E-state index contributed by atoms with van der Waals surface area (Å²) < 4.78 is 5.27. The van der Waals surface area contributed by atoms with Crippen molar-refractivity contribution in [2.24, 2.45) is 28.9 Å². The lowest BCUT2D eigenvalue weighted by Gasteiger charge is -2.35. The third-order valence-electron chi connectivity index (χ3n) is 9.51. The Balaban J connectivity index is 2.91. The number of benzene rings is 1. The minimum atomic E-state index is -2.01. The third-order valence-corrected chi connectivity index (χ3v) is 9.51. The largest absolute Gasteiger partial charge is 0.449 e. The molecule has 0 fully saturated rings. The molecule has 7 amide bonds. The van der Waals surface area contributed by atoms with Crippen LogP contribution in [0.2, 0.25) is 0 Å². The average molecular weight is 926 g/mol. The van der Waals surface area contributed by atoms with Gasteiger partial charge in [0.2, 0.25) is 47.0 Å². The molecule has 0 heterocycles. The van der Waals surface area contributed by atoms with Crippen molar-refractivity contribution in [3.8, 4) is 0 Å². The SMILES string of the molecule is CC(C)COC(=O)N(CC(CC(N)=O)N[C@@H](CO)C(N)=O)C(C(=O)C(=O)[C@H](CO)NNC(CCC(=O)NCCCCNC(=O)C(Cc1ccccc1)NC(=O)C(N)CO)C(N)=O)C(C)O. The van der Waals surface area contributed by atoms with Crippen LogP contribution < -0.4 is 55.1 Å². The number of primary amides is 3. The number of rotatable bonds is 34. The molecular weight excluding hydrogens is 859 g/mol. The van der Waals surface area contributed by atoms with Gasteiger partial charge in [-0.3, -0.25) is 48.6 Å². The van der Waals surface area contributed by atoms with Gasteiger partial charge in [-0.2, -0.15) is 0 Å². The number of unbranched alkanes of at least 4 members (excludes halogenated alkanes) is 1. The fraction of sp³-hybridized carbons (Fsp3) is 0.625. The number of nitrogens with one attached hydrogen (secondary N) is 6. The summed E-state index contributed by atoms with van der Waals surface area (Å²) in [6.07, 6.45) is -3.03. The molecule has 0 saturated heterocycles. The van der Waals surface area contributed by atoms with E-state index in [9.17, 15) is 63.6 Å². The Morgan fingerprint density at radius 2 is 1.32 bits per heavy atom. The summed E-state index contributed by atoms with van der Waals surface area (Å²) >= 11 is 0.